The Labute approximate surface area is 183 Å². The standard InChI is InChI=1S/C22H24F2N6O2/c23-15-3-4-17(24)16(10-15)19-2-1-7-29(19)21-25-12-18-20(28-21)30(13-27-18)22(31)26-11-14-5-8-32-9-6-14/h3-4,10,12-14,19H,1-2,5-9,11H2,(H,26,31). The van der Waals surface area contributed by atoms with Crippen LogP contribution in [-0.2, 0) is 4.74 Å². The van der Waals surface area contributed by atoms with Gasteiger partial charge in [0.2, 0.25) is 5.95 Å². The molecule has 0 aliphatic carbocycles. The fraction of sp³-hybridized carbons (Fsp3) is 0.455. The number of nitrogens with one attached hydrogen (secondary N) is 1. The van der Waals surface area contributed by atoms with Crippen LogP contribution >= 0.6 is 0 Å². The van der Waals surface area contributed by atoms with Crippen molar-refractivity contribution < 1.29 is 18.3 Å². The minimum absolute atomic E-state index is 0.286. The van der Waals surface area contributed by atoms with Crippen LogP contribution in [0.5, 0.6) is 0 Å². The fourth-order valence-corrected chi connectivity index (χ4v) is 4.45. The van der Waals surface area contributed by atoms with Gasteiger partial charge in [0.05, 0.1) is 12.2 Å². The lowest BCUT2D eigenvalue weighted by Crippen LogP contribution is -2.34. The number of ether oxygens (including phenoxy) is 1. The first-order chi connectivity index (χ1) is 15.6. The van der Waals surface area contributed by atoms with Gasteiger partial charge in [-0.15, -0.1) is 0 Å². The van der Waals surface area contributed by atoms with E-state index in [9.17, 15) is 13.6 Å². The molecule has 3 aromatic rings. The van der Waals surface area contributed by atoms with Gasteiger partial charge in [-0.1, -0.05) is 0 Å². The second kappa shape index (κ2) is 8.78. The lowest BCUT2D eigenvalue weighted by molar-refractivity contribution is 0.0669. The van der Waals surface area contributed by atoms with E-state index in [0.29, 0.717) is 55.8 Å². The number of carbonyl (C=O) groups is 1. The van der Waals surface area contributed by atoms with Crippen molar-refractivity contribution in [1.82, 2.24) is 24.8 Å². The molecule has 1 unspecified atom stereocenters. The summed E-state index contributed by atoms with van der Waals surface area (Å²) < 4.78 is 34.9. The zero-order valence-electron chi connectivity index (χ0n) is 17.5. The molecule has 0 radical (unpaired) electrons. The number of carbonyl (C=O) groups excluding carboxylic acids is 1. The second-order valence-electron chi connectivity index (χ2n) is 8.25. The summed E-state index contributed by atoms with van der Waals surface area (Å²) in [7, 11) is 0. The van der Waals surface area contributed by atoms with Gasteiger partial charge in [-0.2, -0.15) is 4.98 Å². The quantitative estimate of drug-likeness (QED) is 0.667. The van der Waals surface area contributed by atoms with Crippen molar-refractivity contribution in [3.05, 3.63) is 47.9 Å². The molecule has 2 saturated heterocycles. The largest absolute Gasteiger partial charge is 0.381 e. The Morgan fingerprint density at radius 2 is 2.03 bits per heavy atom. The van der Waals surface area contributed by atoms with Crippen LogP contribution in [0.1, 0.15) is 37.3 Å². The molecule has 0 bridgehead atoms. The number of halogens is 2. The zero-order chi connectivity index (χ0) is 22.1. The van der Waals surface area contributed by atoms with Crippen molar-refractivity contribution in [2.75, 3.05) is 31.2 Å². The molecule has 2 aromatic heterocycles. The number of nitrogens with zero attached hydrogens (tertiary/aromatic N) is 5. The minimum Gasteiger partial charge on any atom is -0.381 e. The SMILES string of the molecule is O=C(NCC1CCOCC1)n1cnc2cnc(N3CCCC3c3cc(F)ccc3F)nc21. The fourth-order valence-electron chi connectivity index (χ4n) is 4.45. The first-order valence-corrected chi connectivity index (χ1v) is 10.9. The van der Waals surface area contributed by atoms with Crippen LogP contribution in [0.15, 0.2) is 30.7 Å². The van der Waals surface area contributed by atoms with E-state index in [4.69, 9.17) is 4.74 Å². The zero-order valence-corrected chi connectivity index (χ0v) is 17.5. The van der Waals surface area contributed by atoms with Crippen molar-refractivity contribution >= 4 is 23.1 Å². The van der Waals surface area contributed by atoms with Crippen LogP contribution < -0.4 is 10.2 Å². The molecular weight excluding hydrogens is 418 g/mol. The van der Waals surface area contributed by atoms with Crippen LogP contribution in [0, 0.1) is 17.6 Å². The van der Waals surface area contributed by atoms with E-state index in [1.807, 2.05) is 4.90 Å². The number of hydrogen-bond donors (Lipinski definition) is 1. The average molecular weight is 442 g/mol. The lowest BCUT2D eigenvalue weighted by Gasteiger charge is -2.25. The van der Waals surface area contributed by atoms with Crippen molar-refractivity contribution in [2.24, 2.45) is 5.92 Å². The maximum Gasteiger partial charge on any atom is 0.328 e. The van der Waals surface area contributed by atoms with Gasteiger partial charge in [0, 0.05) is 31.9 Å². The number of benzene rings is 1. The third-order valence-electron chi connectivity index (χ3n) is 6.21. The van der Waals surface area contributed by atoms with E-state index in [0.717, 1.165) is 31.4 Å². The molecule has 168 valence electrons. The van der Waals surface area contributed by atoms with E-state index in [1.54, 1.807) is 6.20 Å². The number of anilines is 1. The number of amides is 1. The first-order valence-electron chi connectivity index (χ1n) is 10.9. The Hall–Kier alpha value is -3.14. The summed E-state index contributed by atoms with van der Waals surface area (Å²) in [6, 6.07) is 2.80. The average Bonchev–Trinajstić information content (AvgIpc) is 3.46. The highest BCUT2D eigenvalue weighted by atomic mass is 19.1. The van der Waals surface area contributed by atoms with E-state index in [1.165, 1.54) is 17.0 Å². The Kier molecular flexibility index (Phi) is 5.69. The summed E-state index contributed by atoms with van der Waals surface area (Å²) in [5, 5.41) is 2.95. The van der Waals surface area contributed by atoms with Gasteiger partial charge in [-0.3, -0.25) is 0 Å². The number of fused-ring (bicyclic) bond motifs is 1. The van der Waals surface area contributed by atoms with E-state index >= 15 is 0 Å². The highest BCUT2D eigenvalue weighted by Crippen LogP contribution is 2.36. The number of hydrogen-bond acceptors (Lipinski definition) is 6. The third kappa shape index (κ3) is 4.02. The topological polar surface area (TPSA) is 85.2 Å². The Morgan fingerprint density at radius 3 is 2.88 bits per heavy atom. The van der Waals surface area contributed by atoms with Crippen LogP contribution in [0.2, 0.25) is 0 Å². The van der Waals surface area contributed by atoms with Crippen LogP contribution in [-0.4, -0.2) is 51.9 Å². The maximum absolute atomic E-state index is 14.4. The van der Waals surface area contributed by atoms with Gasteiger partial charge in [-0.05, 0) is 49.8 Å². The molecule has 1 aromatic carbocycles. The van der Waals surface area contributed by atoms with Crippen molar-refractivity contribution in [2.45, 2.75) is 31.7 Å². The maximum atomic E-state index is 14.4. The highest BCUT2D eigenvalue weighted by Gasteiger charge is 2.31. The number of rotatable bonds is 4. The predicted molar refractivity (Wildman–Crippen MR) is 113 cm³/mol. The van der Waals surface area contributed by atoms with Gasteiger partial charge in [0.1, 0.15) is 23.5 Å². The van der Waals surface area contributed by atoms with Crippen LogP contribution in [0.25, 0.3) is 11.2 Å². The molecule has 1 N–H and O–H groups in total. The normalized spacial score (nSPS) is 19.6. The Bertz CT molecular complexity index is 1130. The molecule has 0 saturated carbocycles. The molecule has 32 heavy (non-hydrogen) atoms. The second-order valence-corrected chi connectivity index (χ2v) is 8.25. The molecule has 0 spiro atoms. The summed E-state index contributed by atoms with van der Waals surface area (Å²) in [6.07, 6.45) is 6.28. The highest BCUT2D eigenvalue weighted by molar-refractivity contribution is 5.87. The monoisotopic (exact) mass is 442 g/mol. The molecule has 2 aliphatic rings. The lowest BCUT2D eigenvalue weighted by atomic mass is 10.0. The van der Waals surface area contributed by atoms with E-state index < -0.39 is 11.6 Å². The van der Waals surface area contributed by atoms with E-state index in [-0.39, 0.29) is 17.6 Å². The number of imidazole rings is 1. The van der Waals surface area contributed by atoms with Crippen molar-refractivity contribution in [1.29, 1.82) is 0 Å². The smallest absolute Gasteiger partial charge is 0.328 e. The minimum atomic E-state index is -0.483. The molecule has 10 heteroatoms. The van der Waals surface area contributed by atoms with Gasteiger partial charge in [0.15, 0.2) is 5.65 Å². The Morgan fingerprint density at radius 1 is 1.19 bits per heavy atom. The summed E-state index contributed by atoms with van der Waals surface area (Å²) in [5.41, 5.74) is 1.15. The predicted octanol–water partition coefficient (Wildman–Crippen LogP) is 3.43. The molecule has 8 nitrogen and oxygen atoms in total. The summed E-state index contributed by atoms with van der Waals surface area (Å²) in [6.45, 7) is 2.60. The van der Waals surface area contributed by atoms with Gasteiger partial charge in [0.25, 0.3) is 0 Å². The van der Waals surface area contributed by atoms with Gasteiger partial charge in [-0.25, -0.2) is 28.1 Å². The molecule has 5 rings (SSSR count). The molecular formula is C22H24F2N6O2. The summed E-state index contributed by atoms with van der Waals surface area (Å²) >= 11 is 0. The summed E-state index contributed by atoms with van der Waals surface area (Å²) in [5.74, 6) is -0.187. The van der Waals surface area contributed by atoms with Gasteiger partial charge < -0.3 is 15.0 Å². The molecule has 1 atom stereocenters. The molecule has 1 amide bonds. The summed E-state index contributed by atoms with van der Waals surface area (Å²) in [4.78, 5) is 27.8. The number of aromatic nitrogens is 4. The molecule has 4 heterocycles. The molecule has 2 aliphatic heterocycles. The van der Waals surface area contributed by atoms with Crippen LogP contribution in [0.4, 0.5) is 19.5 Å². The van der Waals surface area contributed by atoms with E-state index in [2.05, 4.69) is 20.3 Å². The Balaban J connectivity index is 1.39. The third-order valence-corrected chi connectivity index (χ3v) is 6.21. The molecule has 2 fully saturated rings. The van der Waals surface area contributed by atoms with Crippen molar-refractivity contribution in [3.8, 4) is 0 Å². The van der Waals surface area contributed by atoms with Gasteiger partial charge >= 0.3 is 6.03 Å². The van der Waals surface area contributed by atoms with Crippen molar-refractivity contribution in [3.63, 3.8) is 0 Å². The first kappa shape index (κ1) is 20.7. The van der Waals surface area contributed by atoms with Crippen LogP contribution in [0.3, 0.4) is 0 Å².